The number of ether oxygens (including phenoxy) is 1. The van der Waals surface area contributed by atoms with Crippen LogP contribution in [0.2, 0.25) is 5.02 Å². The van der Waals surface area contributed by atoms with Gasteiger partial charge in [0.15, 0.2) is 11.6 Å². The number of rotatable bonds is 9. The molecule has 1 aliphatic heterocycles. The number of piperazine rings is 1. The van der Waals surface area contributed by atoms with E-state index in [2.05, 4.69) is 10.6 Å². The lowest BCUT2D eigenvalue weighted by Gasteiger charge is -2.42. The second-order valence-corrected chi connectivity index (χ2v) is 11.3. The van der Waals surface area contributed by atoms with Crippen molar-refractivity contribution in [2.45, 2.75) is 58.5 Å². The number of hydrogen-bond acceptors (Lipinski definition) is 5. The number of anilines is 2. The van der Waals surface area contributed by atoms with Crippen LogP contribution in [0, 0.1) is 11.6 Å². The molecule has 41 heavy (non-hydrogen) atoms. The van der Waals surface area contributed by atoms with Gasteiger partial charge in [-0.2, -0.15) is 13.2 Å². The molecule has 2 aromatic carbocycles. The fraction of sp³-hybridized carbons (Fsp3) is 0.500. The van der Waals surface area contributed by atoms with Crippen molar-refractivity contribution < 1.29 is 36.3 Å². The first-order chi connectivity index (χ1) is 19.0. The Labute approximate surface area is 241 Å². The van der Waals surface area contributed by atoms with Gasteiger partial charge >= 0.3 is 6.18 Å². The monoisotopic (exact) mass is 604 g/mol. The third-order valence-corrected chi connectivity index (χ3v) is 6.69. The summed E-state index contributed by atoms with van der Waals surface area (Å²) in [6.45, 7) is 7.58. The zero-order chi connectivity index (χ0) is 30.5. The van der Waals surface area contributed by atoms with E-state index in [0.717, 1.165) is 6.07 Å². The van der Waals surface area contributed by atoms with Crippen LogP contribution in [-0.2, 0) is 16.1 Å². The van der Waals surface area contributed by atoms with E-state index in [9.17, 15) is 31.5 Å². The third kappa shape index (κ3) is 9.54. The first-order valence-electron chi connectivity index (χ1n) is 13.1. The number of amides is 2. The average molecular weight is 605 g/mol. The first-order valence-corrected chi connectivity index (χ1v) is 13.5. The topological polar surface area (TPSA) is 73.9 Å². The van der Waals surface area contributed by atoms with Crippen LogP contribution in [0.25, 0.3) is 0 Å². The van der Waals surface area contributed by atoms with Crippen LogP contribution in [0.3, 0.4) is 0 Å². The molecule has 13 heteroatoms. The van der Waals surface area contributed by atoms with Gasteiger partial charge in [-0.3, -0.25) is 14.5 Å². The number of hydrogen-bond donors (Lipinski definition) is 2. The molecule has 0 aromatic heterocycles. The predicted octanol–water partition coefficient (Wildman–Crippen LogP) is 5.76. The van der Waals surface area contributed by atoms with Gasteiger partial charge in [0.05, 0.1) is 29.0 Å². The summed E-state index contributed by atoms with van der Waals surface area (Å²) in [5.41, 5.74) is -0.444. The molecule has 0 radical (unpaired) electrons. The van der Waals surface area contributed by atoms with Crippen molar-refractivity contribution in [1.82, 2.24) is 10.2 Å². The maximum Gasteiger partial charge on any atom is 0.390 e. The number of alkyl halides is 3. The molecule has 1 atom stereocenters. The van der Waals surface area contributed by atoms with Crippen molar-refractivity contribution in [2.24, 2.45) is 0 Å². The fourth-order valence-electron chi connectivity index (χ4n) is 4.34. The van der Waals surface area contributed by atoms with Crippen molar-refractivity contribution in [2.75, 3.05) is 43.0 Å². The van der Waals surface area contributed by atoms with Gasteiger partial charge in [-0.1, -0.05) is 17.7 Å². The average Bonchev–Trinajstić information content (AvgIpc) is 2.87. The van der Waals surface area contributed by atoms with Gasteiger partial charge < -0.3 is 20.3 Å². The molecule has 0 aliphatic carbocycles. The molecule has 0 spiro atoms. The van der Waals surface area contributed by atoms with Crippen molar-refractivity contribution >= 4 is 34.8 Å². The SMILES string of the molecule is C[C@@H]1CN(CCC(F)(F)F)CCN1c1cc(Cl)ccc1NC(=O)c1ccc(CNC(=O)COC(C)(C)C)c(F)c1F. The maximum atomic E-state index is 14.9. The highest BCUT2D eigenvalue weighted by Crippen LogP contribution is 2.33. The molecule has 1 aliphatic rings. The summed E-state index contributed by atoms with van der Waals surface area (Å²) in [6.07, 6.45) is -5.15. The maximum absolute atomic E-state index is 14.9. The number of nitrogens with zero attached hydrogens (tertiary/aromatic N) is 2. The smallest absolute Gasteiger partial charge is 0.366 e. The molecule has 0 unspecified atom stereocenters. The second kappa shape index (κ2) is 13.3. The van der Waals surface area contributed by atoms with Crippen molar-refractivity contribution in [1.29, 1.82) is 0 Å². The quantitative estimate of drug-likeness (QED) is 0.356. The fourth-order valence-corrected chi connectivity index (χ4v) is 4.51. The summed E-state index contributed by atoms with van der Waals surface area (Å²) in [5, 5.41) is 5.42. The summed E-state index contributed by atoms with van der Waals surface area (Å²) in [5.74, 6) is -4.06. The molecular formula is C28H34ClF5N4O3. The van der Waals surface area contributed by atoms with Crippen molar-refractivity contribution in [3.8, 4) is 0 Å². The molecule has 1 fully saturated rings. The lowest BCUT2D eigenvalue weighted by molar-refractivity contribution is -0.138. The molecular weight excluding hydrogens is 571 g/mol. The predicted molar refractivity (Wildman–Crippen MR) is 147 cm³/mol. The van der Waals surface area contributed by atoms with Crippen LogP contribution in [0.5, 0.6) is 0 Å². The van der Waals surface area contributed by atoms with Crippen LogP contribution < -0.4 is 15.5 Å². The van der Waals surface area contributed by atoms with Crippen LogP contribution in [0.1, 0.15) is 50.0 Å². The number of nitrogens with one attached hydrogen (secondary N) is 2. The molecule has 2 aromatic rings. The van der Waals surface area contributed by atoms with Crippen LogP contribution in [0.15, 0.2) is 30.3 Å². The Bertz CT molecular complexity index is 1250. The minimum Gasteiger partial charge on any atom is -0.366 e. The van der Waals surface area contributed by atoms with E-state index in [-0.39, 0.29) is 37.0 Å². The zero-order valence-electron chi connectivity index (χ0n) is 23.3. The summed E-state index contributed by atoms with van der Waals surface area (Å²) in [7, 11) is 0. The van der Waals surface area contributed by atoms with Gasteiger partial charge in [0.1, 0.15) is 6.61 Å². The Morgan fingerprint density at radius 1 is 1.07 bits per heavy atom. The molecule has 2 N–H and O–H groups in total. The van der Waals surface area contributed by atoms with E-state index >= 15 is 0 Å². The number of carbonyl (C=O) groups excluding carboxylic acids is 2. The van der Waals surface area contributed by atoms with E-state index in [0.29, 0.717) is 30.3 Å². The van der Waals surface area contributed by atoms with Gasteiger partial charge in [-0.15, -0.1) is 0 Å². The Morgan fingerprint density at radius 3 is 2.41 bits per heavy atom. The van der Waals surface area contributed by atoms with Gasteiger partial charge in [0.2, 0.25) is 5.91 Å². The molecule has 226 valence electrons. The summed E-state index contributed by atoms with van der Waals surface area (Å²) < 4.78 is 73.0. The summed E-state index contributed by atoms with van der Waals surface area (Å²) in [4.78, 5) is 28.6. The Morgan fingerprint density at radius 2 is 1.78 bits per heavy atom. The Kier molecular flexibility index (Phi) is 10.6. The molecule has 3 rings (SSSR count). The minimum absolute atomic E-state index is 0.115. The summed E-state index contributed by atoms with van der Waals surface area (Å²) in [6, 6.07) is 6.77. The highest BCUT2D eigenvalue weighted by molar-refractivity contribution is 6.31. The standard InChI is InChI=1S/C28H34ClF5N4O3/c1-17-15-37(10-9-28(32,33)34)11-12-38(17)22-13-19(29)6-8-21(22)36-26(40)20-7-5-18(24(30)25(20)31)14-35-23(39)16-41-27(2,3)4/h5-8,13,17H,9-12,14-16H2,1-4H3,(H,35,39)(H,36,40)/t17-/m1/s1. The third-order valence-electron chi connectivity index (χ3n) is 6.46. The number of benzene rings is 2. The van der Waals surface area contributed by atoms with Crippen LogP contribution >= 0.6 is 11.6 Å². The van der Waals surface area contributed by atoms with E-state index in [1.807, 2.05) is 11.8 Å². The normalized spacial score (nSPS) is 16.5. The van der Waals surface area contributed by atoms with E-state index in [1.165, 1.54) is 18.2 Å². The summed E-state index contributed by atoms with van der Waals surface area (Å²) >= 11 is 6.20. The molecule has 1 heterocycles. The zero-order valence-corrected chi connectivity index (χ0v) is 24.1. The Hall–Kier alpha value is -2.96. The van der Waals surface area contributed by atoms with Crippen LogP contribution in [-0.4, -0.2) is 67.3 Å². The molecule has 0 saturated carbocycles. The second-order valence-electron chi connectivity index (χ2n) is 10.9. The van der Waals surface area contributed by atoms with Gasteiger partial charge in [-0.05, 0) is 52.0 Å². The highest BCUT2D eigenvalue weighted by atomic mass is 35.5. The highest BCUT2D eigenvalue weighted by Gasteiger charge is 2.31. The molecule has 1 saturated heterocycles. The van der Waals surface area contributed by atoms with Gasteiger partial charge in [0.25, 0.3) is 5.91 Å². The largest absolute Gasteiger partial charge is 0.390 e. The van der Waals surface area contributed by atoms with E-state index < -0.39 is 47.2 Å². The van der Waals surface area contributed by atoms with E-state index in [4.69, 9.17) is 16.3 Å². The molecule has 2 amide bonds. The molecule has 0 bridgehead atoms. The van der Waals surface area contributed by atoms with Crippen molar-refractivity contribution in [3.05, 3.63) is 58.1 Å². The number of halogens is 6. The minimum atomic E-state index is -4.24. The van der Waals surface area contributed by atoms with Crippen LogP contribution in [0.4, 0.5) is 33.3 Å². The lowest BCUT2D eigenvalue weighted by atomic mass is 10.1. The Balaban J connectivity index is 1.70. The first kappa shape index (κ1) is 32.6. The number of carbonyl (C=O) groups is 2. The van der Waals surface area contributed by atoms with Crippen molar-refractivity contribution in [3.63, 3.8) is 0 Å². The van der Waals surface area contributed by atoms with E-state index in [1.54, 1.807) is 31.7 Å². The molecule has 7 nitrogen and oxygen atoms in total. The van der Waals surface area contributed by atoms with Gasteiger partial charge in [-0.25, -0.2) is 8.78 Å². The van der Waals surface area contributed by atoms with Gasteiger partial charge in [0, 0.05) is 49.4 Å². The lowest BCUT2D eigenvalue weighted by Crippen LogP contribution is -2.52.